The van der Waals surface area contributed by atoms with Crippen LogP contribution in [-0.4, -0.2) is 0 Å². The molecule has 1 saturated carbocycles. The third-order valence-electron chi connectivity index (χ3n) is 2.68. The van der Waals surface area contributed by atoms with Gasteiger partial charge < -0.3 is 0 Å². The minimum Gasteiger partial charge on any atom is -0.192 e. The van der Waals surface area contributed by atoms with Crippen LogP contribution in [0.5, 0.6) is 0 Å². The van der Waals surface area contributed by atoms with Gasteiger partial charge in [0.05, 0.1) is 0 Å². The van der Waals surface area contributed by atoms with Gasteiger partial charge in [-0.15, -0.1) is 0 Å². The summed E-state index contributed by atoms with van der Waals surface area (Å²) >= 11 is 0. The zero-order chi connectivity index (χ0) is 8.55. The number of hydrogen-bond acceptors (Lipinski definition) is 2. The monoisotopic (exact) mass is 156 g/mol. The first-order chi connectivity index (χ1) is 5.86. The molecule has 2 aliphatic carbocycles. The van der Waals surface area contributed by atoms with Crippen molar-refractivity contribution >= 4 is 0 Å². The molecule has 12 heavy (non-hydrogen) atoms. The van der Waals surface area contributed by atoms with Crippen LogP contribution < -0.4 is 0 Å². The highest BCUT2D eigenvalue weighted by molar-refractivity contribution is 5.48. The second kappa shape index (κ2) is 2.50. The molecular formula is C10H8N2. The zero-order valence-corrected chi connectivity index (χ0v) is 6.62. The van der Waals surface area contributed by atoms with Crippen molar-refractivity contribution in [3.63, 3.8) is 0 Å². The summed E-state index contributed by atoms with van der Waals surface area (Å²) in [6.07, 6.45) is 6.48. The summed E-state index contributed by atoms with van der Waals surface area (Å²) in [5, 5.41) is 17.4. The second-order valence-electron chi connectivity index (χ2n) is 3.23. The van der Waals surface area contributed by atoms with Crippen molar-refractivity contribution in [2.45, 2.75) is 12.8 Å². The first-order valence-corrected chi connectivity index (χ1v) is 4.09. The average Bonchev–Trinajstić information content (AvgIpc) is 2.68. The Labute approximate surface area is 71.4 Å². The van der Waals surface area contributed by atoms with E-state index >= 15 is 0 Å². The van der Waals surface area contributed by atoms with Gasteiger partial charge in [-0.1, -0.05) is 12.2 Å². The lowest BCUT2D eigenvalue weighted by molar-refractivity contribution is 0.705. The fraction of sp³-hybridized carbons (Fsp3) is 0.400. The minimum absolute atomic E-state index is 0.340. The number of allylic oxidation sites excluding steroid dienone is 4. The molecule has 0 heterocycles. The molecular weight excluding hydrogens is 148 g/mol. The quantitative estimate of drug-likeness (QED) is 0.397. The van der Waals surface area contributed by atoms with Gasteiger partial charge in [0.15, 0.2) is 0 Å². The minimum atomic E-state index is 0.340. The third-order valence-corrected chi connectivity index (χ3v) is 2.68. The number of nitriles is 2. The molecule has 0 radical (unpaired) electrons. The summed E-state index contributed by atoms with van der Waals surface area (Å²) in [5.41, 5.74) is 1.41. The van der Waals surface area contributed by atoms with Crippen molar-refractivity contribution < 1.29 is 0 Å². The maximum absolute atomic E-state index is 8.69. The van der Waals surface area contributed by atoms with E-state index in [-0.39, 0.29) is 0 Å². The fourth-order valence-corrected chi connectivity index (χ4v) is 2.14. The van der Waals surface area contributed by atoms with E-state index in [4.69, 9.17) is 10.5 Å². The van der Waals surface area contributed by atoms with Gasteiger partial charge in [-0.2, -0.15) is 10.5 Å². The molecule has 2 bridgehead atoms. The number of rotatable bonds is 0. The highest BCUT2D eigenvalue weighted by Crippen LogP contribution is 2.45. The van der Waals surface area contributed by atoms with Gasteiger partial charge in [0, 0.05) is 11.8 Å². The Hall–Kier alpha value is -1.54. The first-order valence-electron chi connectivity index (χ1n) is 4.09. The maximum Gasteiger partial charge on any atom is 0.130 e. The van der Waals surface area contributed by atoms with Gasteiger partial charge in [0.25, 0.3) is 0 Å². The van der Waals surface area contributed by atoms with E-state index in [1.54, 1.807) is 0 Å². The van der Waals surface area contributed by atoms with E-state index in [2.05, 4.69) is 12.2 Å². The van der Waals surface area contributed by atoms with Crippen LogP contribution in [0.3, 0.4) is 0 Å². The second-order valence-corrected chi connectivity index (χ2v) is 3.23. The molecule has 0 aromatic carbocycles. The fourth-order valence-electron chi connectivity index (χ4n) is 2.14. The van der Waals surface area contributed by atoms with E-state index < -0.39 is 0 Å². The van der Waals surface area contributed by atoms with Crippen LogP contribution in [0.1, 0.15) is 12.8 Å². The standard InChI is InChI=1S/C10H8N2/c11-5-9(6-12)10-7-1-2-8(10)4-3-7/h1-2,7-8H,3-4H2. The molecule has 2 atom stereocenters. The van der Waals surface area contributed by atoms with Crippen molar-refractivity contribution in [3.05, 3.63) is 23.3 Å². The summed E-state index contributed by atoms with van der Waals surface area (Å²) in [6.45, 7) is 0. The molecule has 0 aliphatic heterocycles. The Kier molecular flexibility index (Phi) is 1.48. The average molecular weight is 156 g/mol. The summed E-state index contributed by atoms with van der Waals surface area (Å²) in [6, 6.07) is 3.95. The molecule has 0 saturated heterocycles. The van der Waals surface area contributed by atoms with Crippen molar-refractivity contribution in [2.75, 3.05) is 0 Å². The van der Waals surface area contributed by atoms with Crippen LogP contribution in [-0.2, 0) is 0 Å². The van der Waals surface area contributed by atoms with Crippen molar-refractivity contribution in [1.82, 2.24) is 0 Å². The van der Waals surface area contributed by atoms with Crippen molar-refractivity contribution in [3.8, 4) is 12.1 Å². The summed E-state index contributed by atoms with van der Waals surface area (Å²) in [4.78, 5) is 0. The predicted octanol–water partition coefficient (Wildman–Crippen LogP) is 1.93. The molecule has 0 aromatic heterocycles. The normalized spacial score (nSPS) is 30.0. The molecule has 0 amide bonds. The predicted molar refractivity (Wildman–Crippen MR) is 43.6 cm³/mol. The first kappa shape index (κ1) is 7.13. The smallest absolute Gasteiger partial charge is 0.130 e. The van der Waals surface area contributed by atoms with Gasteiger partial charge in [-0.25, -0.2) is 0 Å². The Balaban J connectivity index is 2.47. The van der Waals surface area contributed by atoms with Gasteiger partial charge in [0.2, 0.25) is 0 Å². The summed E-state index contributed by atoms with van der Waals surface area (Å²) in [5.74, 6) is 0.786. The Morgan fingerprint density at radius 3 is 2.00 bits per heavy atom. The van der Waals surface area contributed by atoms with Crippen molar-refractivity contribution in [1.29, 1.82) is 10.5 Å². The van der Waals surface area contributed by atoms with Crippen LogP contribution in [0.15, 0.2) is 23.3 Å². The number of hydrogen-bond donors (Lipinski definition) is 0. The Morgan fingerprint density at radius 2 is 1.67 bits per heavy atom. The molecule has 2 aliphatic rings. The number of nitrogens with zero attached hydrogens (tertiary/aromatic N) is 2. The van der Waals surface area contributed by atoms with E-state index in [1.807, 2.05) is 12.1 Å². The Morgan fingerprint density at radius 1 is 1.17 bits per heavy atom. The SMILES string of the molecule is N#CC(C#N)=C1C2C=CC1CC2. The third kappa shape index (κ3) is 0.787. The molecule has 0 N–H and O–H groups in total. The summed E-state index contributed by atoms with van der Waals surface area (Å²) < 4.78 is 0. The molecule has 2 nitrogen and oxygen atoms in total. The van der Waals surface area contributed by atoms with Crippen LogP contribution in [0.4, 0.5) is 0 Å². The van der Waals surface area contributed by atoms with Crippen LogP contribution in [0.2, 0.25) is 0 Å². The van der Waals surface area contributed by atoms with Gasteiger partial charge in [-0.05, 0) is 18.4 Å². The Bertz CT molecular complexity index is 317. The lowest BCUT2D eigenvalue weighted by Gasteiger charge is -2.01. The van der Waals surface area contributed by atoms with Gasteiger partial charge >= 0.3 is 0 Å². The van der Waals surface area contributed by atoms with Crippen LogP contribution >= 0.6 is 0 Å². The van der Waals surface area contributed by atoms with E-state index in [1.165, 1.54) is 0 Å². The highest BCUT2D eigenvalue weighted by atomic mass is 14.4. The highest BCUT2D eigenvalue weighted by Gasteiger charge is 2.34. The topological polar surface area (TPSA) is 47.6 Å². The van der Waals surface area contributed by atoms with Crippen LogP contribution in [0.25, 0.3) is 0 Å². The number of fused-ring (bicyclic) bond motifs is 2. The molecule has 2 heteroatoms. The largest absolute Gasteiger partial charge is 0.192 e. The molecule has 1 fully saturated rings. The lowest BCUT2D eigenvalue weighted by Crippen LogP contribution is -1.94. The molecule has 2 rings (SSSR count). The summed E-state index contributed by atoms with van der Waals surface area (Å²) in [7, 11) is 0. The molecule has 2 unspecified atom stereocenters. The molecule has 0 aromatic rings. The zero-order valence-electron chi connectivity index (χ0n) is 6.62. The maximum atomic E-state index is 8.69. The van der Waals surface area contributed by atoms with Gasteiger partial charge in [-0.3, -0.25) is 0 Å². The van der Waals surface area contributed by atoms with E-state index in [9.17, 15) is 0 Å². The van der Waals surface area contributed by atoms with Crippen LogP contribution in [0, 0.1) is 34.5 Å². The van der Waals surface area contributed by atoms with E-state index in [0.717, 1.165) is 18.4 Å². The molecule has 58 valence electrons. The van der Waals surface area contributed by atoms with Gasteiger partial charge in [0.1, 0.15) is 17.7 Å². The van der Waals surface area contributed by atoms with E-state index in [0.29, 0.717) is 17.4 Å². The van der Waals surface area contributed by atoms with Crippen molar-refractivity contribution in [2.24, 2.45) is 11.8 Å². The molecule has 0 spiro atoms. The lowest BCUT2D eigenvalue weighted by atomic mass is 9.99.